The maximum atomic E-state index is 13.0. The zero-order valence-corrected chi connectivity index (χ0v) is 22.8. The number of halogens is 2. The molecule has 3 atom stereocenters. The monoisotopic (exact) mass is 559 g/mol. The molecule has 1 heterocycles. The van der Waals surface area contributed by atoms with Crippen LogP contribution in [0.4, 0.5) is 0 Å². The fourth-order valence-corrected chi connectivity index (χ4v) is 4.09. The van der Waals surface area contributed by atoms with Crippen molar-refractivity contribution in [2.45, 2.75) is 39.4 Å². The number of rotatable bonds is 11. The molecule has 8 nitrogen and oxygen atoms in total. The molecule has 0 aliphatic carbocycles. The van der Waals surface area contributed by atoms with E-state index >= 15 is 0 Å². The summed E-state index contributed by atoms with van der Waals surface area (Å²) in [6, 6.07) is 15.5. The Morgan fingerprint density at radius 3 is 2.32 bits per heavy atom. The van der Waals surface area contributed by atoms with Gasteiger partial charge in [-0.25, -0.2) is 4.98 Å². The molecule has 0 unspecified atom stereocenters. The van der Waals surface area contributed by atoms with Crippen LogP contribution in [0.15, 0.2) is 60.8 Å². The Balaban J connectivity index is 1.76. The van der Waals surface area contributed by atoms with E-state index in [0.29, 0.717) is 15.8 Å². The number of esters is 2. The minimum atomic E-state index is -0.835. The number of carbonyl (C=O) groups excluding carboxylic acids is 3. The number of ketones is 1. The number of pyridine rings is 1. The number of hydrogen-bond donors (Lipinski definition) is 0. The average molecular weight is 560 g/mol. The van der Waals surface area contributed by atoms with E-state index in [0.717, 1.165) is 5.56 Å². The molecule has 2 aromatic carbocycles. The van der Waals surface area contributed by atoms with Crippen molar-refractivity contribution in [2.24, 2.45) is 5.92 Å². The van der Waals surface area contributed by atoms with E-state index in [-0.39, 0.29) is 23.6 Å². The van der Waals surface area contributed by atoms with Crippen LogP contribution in [0, 0.1) is 5.92 Å². The van der Waals surface area contributed by atoms with Gasteiger partial charge in [0.15, 0.2) is 23.3 Å². The van der Waals surface area contributed by atoms with Crippen molar-refractivity contribution in [1.29, 1.82) is 0 Å². The molecule has 38 heavy (non-hydrogen) atoms. The lowest BCUT2D eigenvalue weighted by molar-refractivity contribution is -0.157. The fraction of sp³-hybridized carbons (Fsp3) is 0.286. The van der Waals surface area contributed by atoms with E-state index in [4.69, 9.17) is 42.1 Å². The highest BCUT2D eigenvalue weighted by Crippen LogP contribution is 2.34. The van der Waals surface area contributed by atoms with E-state index in [2.05, 4.69) is 4.98 Å². The highest BCUT2D eigenvalue weighted by atomic mass is 35.5. The zero-order chi connectivity index (χ0) is 27.8. The van der Waals surface area contributed by atoms with Gasteiger partial charge < -0.3 is 18.9 Å². The molecule has 0 saturated heterocycles. The van der Waals surface area contributed by atoms with Crippen molar-refractivity contribution in [1.82, 2.24) is 4.98 Å². The number of carbonyl (C=O) groups is 3. The first kappa shape index (κ1) is 28.9. The Morgan fingerprint density at radius 2 is 1.68 bits per heavy atom. The molecule has 1 aromatic heterocycles. The Labute approximate surface area is 230 Å². The summed E-state index contributed by atoms with van der Waals surface area (Å²) in [4.78, 5) is 41.6. The Hall–Kier alpha value is -3.62. The number of ether oxygens (including phenoxy) is 4. The van der Waals surface area contributed by atoms with Crippen LogP contribution in [0.25, 0.3) is 0 Å². The first-order chi connectivity index (χ1) is 18.1. The largest absolute Gasteiger partial charge is 0.493 e. The summed E-state index contributed by atoms with van der Waals surface area (Å²) in [5, 5.41) is 0.768. The van der Waals surface area contributed by atoms with Crippen LogP contribution in [0.2, 0.25) is 10.0 Å². The second-order valence-electron chi connectivity index (χ2n) is 8.48. The summed E-state index contributed by atoms with van der Waals surface area (Å²) >= 11 is 12.3. The van der Waals surface area contributed by atoms with Crippen LogP contribution in [0.3, 0.4) is 0 Å². The third-order valence-electron chi connectivity index (χ3n) is 5.50. The topological polar surface area (TPSA) is 101 Å². The van der Waals surface area contributed by atoms with Gasteiger partial charge in [-0.1, -0.05) is 60.5 Å². The molecule has 0 bridgehead atoms. The van der Waals surface area contributed by atoms with Crippen LogP contribution in [-0.4, -0.2) is 35.9 Å². The van der Waals surface area contributed by atoms with Crippen LogP contribution < -0.4 is 14.2 Å². The van der Waals surface area contributed by atoms with Crippen LogP contribution >= 0.6 is 23.2 Å². The van der Waals surface area contributed by atoms with Gasteiger partial charge in [0.2, 0.25) is 5.75 Å². The maximum Gasteiger partial charge on any atom is 0.309 e. The van der Waals surface area contributed by atoms with Gasteiger partial charge >= 0.3 is 11.9 Å². The lowest BCUT2D eigenvalue weighted by Gasteiger charge is -2.27. The molecule has 0 aliphatic heterocycles. The molecule has 0 spiro atoms. The molecule has 200 valence electrons. The first-order valence-electron chi connectivity index (χ1n) is 11.7. The van der Waals surface area contributed by atoms with E-state index in [1.165, 1.54) is 26.3 Å². The number of aromatic nitrogens is 1. The summed E-state index contributed by atoms with van der Waals surface area (Å²) < 4.78 is 22.2. The van der Waals surface area contributed by atoms with E-state index in [9.17, 15) is 14.4 Å². The Kier molecular flexibility index (Phi) is 10.1. The van der Waals surface area contributed by atoms with Gasteiger partial charge in [0.1, 0.15) is 11.9 Å². The second kappa shape index (κ2) is 13.3. The van der Waals surface area contributed by atoms with Crippen molar-refractivity contribution in [3.05, 3.63) is 82.1 Å². The van der Waals surface area contributed by atoms with Gasteiger partial charge in [0.25, 0.3) is 0 Å². The lowest BCUT2D eigenvalue weighted by Crippen LogP contribution is -2.30. The standard InChI is InChI=1S/C28H27Cl2NO7/c1-16(14-22(33)25-27(37-18(3)32)24(35-4)12-13-31-25)28(34)36-17(2)26(19-8-6-5-7-9-19)38-23-11-10-20(29)15-21(23)30/h5-13,15-17,26H,14H2,1-4H3/t16-,17+,26-/m1/s1. The number of Topliss-reactive ketones (excluding diaryl/α,β-unsaturated/α-hetero) is 1. The number of hydrogen-bond acceptors (Lipinski definition) is 8. The highest BCUT2D eigenvalue weighted by Gasteiger charge is 2.30. The predicted molar refractivity (Wildman–Crippen MR) is 142 cm³/mol. The minimum Gasteiger partial charge on any atom is -0.493 e. The number of methoxy groups -OCH3 is 1. The molecule has 0 N–H and O–H groups in total. The predicted octanol–water partition coefficient (Wildman–Crippen LogP) is 6.28. The summed E-state index contributed by atoms with van der Waals surface area (Å²) in [7, 11) is 1.38. The van der Waals surface area contributed by atoms with E-state index in [1.807, 2.05) is 30.3 Å². The minimum absolute atomic E-state index is 0.0983. The smallest absolute Gasteiger partial charge is 0.309 e. The average Bonchev–Trinajstić information content (AvgIpc) is 2.88. The van der Waals surface area contributed by atoms with Gasteiger partial charge in [-0.3, -0.25) is 14.4 Å². The first-order valence-corrected chi connectivity index (χ1v) is 12.5. The quantitative estimate of drug-likeness (QED) is 0.200. The number of benzene rings is 2. The van der Waals surface area contributed by atoms with Gasteiger partial charge in [-0.05, 0) is 30.7 Å². The molecular formula is C28H27Cl2NO7. The summed E-state index contributed by atoms with van der Waals surface area (Å²) in [5.74, 6) is -2.16. The third-order valence-corrected chi connectivity index (χ3v) is 6.03. The highest BCUT2D eigenvalue weighted by molar-refractivity contribution is 6.35. The van der Waals surface area contributed by atoms with Crippen LogP contribution in [-0.2, 0) is 14.3 Å². The normalized spacial score (nSPS) is 13.1. The van der Waals surface area contributed by atoms with Gasteiger partial charge in [0, 0.05) is 30.6 Å². The molecule has 0 aliphatic rings. The van der Waals surface area contributed by atoms with Crippen LogP contribution in [0.1, 0.15) is 49.3 Å². The fourth-order valence-electron chi connectivity index (χ4n) is 3.64. The van der Waals surface area contributed by atoms with Gasteiger partial charge in [-0.2, -0.15) is 0 Å². The number of nitrogens with zero attached hydrogens (tertiary/aromatic N) is 1. The zero-order valence-electron chi connectivity index (χ0n) is 21.3. The van der Waals surface area contributed by atoms with Crippen LogP contribution in [0.5, 0.6) is 17.2 Å². The molecule has 3 rings (SSSR count). The van der Waals surface area contributed by atoms with Gasteiger partial charge in [-0.15, -0.1) is 0 Å². The Morgan fingerprint density at radius 1 is 0.974 bits per heavy atom. The molecule has 0 radical (unpaired) electrons. The van der Waals surface area contributed by atoms with Crippen molar-refractivity contribution >= 4 is 40.9 Å². The van der Waals surface area contributed by atoms with E-state index in [1.54, 1.807) is 32.0 Å². The Bertz CT molecular complexity index is 1300. The molecule has 0 amide bonds. The van der Waals surface area contributed by atoms with Crippen molar-refractivity contribution < 1.29 is 33.3 Å². The molecule has 0 fully saturated rings. The SMILES string of the molecule is COc1ccnc(C(=O)C[C@@H](C)C(=O)O[C@@H](C)[C@@H](Oc2ccc(Cl)cc2Cl)c2ccccc2)c1OC(C)=O. The second-order valence-corrected chi connectivity index (χ2v) is 9.32. The molecule has 0 saturated carbocycles. The van der Waals surface area contributed by atoms with E-state index < -0.39 is 35.8 Å². The summed E-state index contributed by atoms with van der Waals surface area (Å²) in [6.07, 6.45) is -0.327. The molecule has 10 heteroatoms. The molecular weight excluding hydrogens is 533 g/mol. The van der Waals surface area contributed by atoms with Crippen molar-refractivity contribution in [3.8, 4) is 17.2 Å². The van der Waals surface area contributed by atoms with Crippen molar-refractivity contribution in [3.63, 3.8) is 0 Å². The lowest BCUT2D eigenvalue weighted by atomic mass is 10.0. The summed E-state index contributed by atoms with van der Waals surface area (Å²) in [6.45, 7) is 4.45. The summed E-state index contributed by atoms with van der Waals surface area (Å²) in [5.41, 5.74) is 0.643. The molecule has 3 aromatic rings. The van der Waals surface area contributed by atoms with Crippen molar-refractivity contribution in [2.75, 3.05) is 7.11 Å². The third kappa shape index (κ3) is 7.46. The van der Waals surface area contributed by atoms with Gasteiger partial charge in [0.05, 0.1) is 18.1 Å². The maximum absolute atomic E-state index is 13.0.